The normalized spacial score (nSPS) is 12.7. The van der Waals surface area contributed by atoms with E-state index in [1.165, 1.54) is 0 Å². The number of rotatable bonds is 5. The smallest absolute Gasteiger partial charge is 0.120 e. The van der Waals surface area contributed by atoms with E-state index in [-0.39, 0.29) is 0 Å². The van der Waals surface area contributed by atoms with E-state index in [4.69, 9.17) is 0 Å². The van der Waals surface area contributed by atoms with Crippen LogP contribution in [0.1, 0.15) is 11.1 Å². The largest absolute Gasteiger partial charge is 0.508 e. The van der Waals surface area contributed by atoms with E-state index >= 15 is 0 Å². The van der Waals surface area contributed by atoms with Crippen LogP contribution in [0.2, 0.25) is 0 Å². The summed E-state index contributed by atoms with van der Waals surface area (Å²) in [6.07, 6.45) is 1.69. The van der Waals surface area contributed by atoms with Crippen LogP contribution in [-0.4, -0.2) is 27.9 Å². The van der Waals surface area contributed by atoms with E-state index in [1.54, 1.807) is 12.3 Å². The van der Waals surface area contributed by atoms with Crippen molar-refractivity contribution in [3.63, 3.8) is 0 Å². The lowest BCUT2D eigenvalue weighted by atomic mass is 10.1. The Balaban J connectivity index is 2.43. The predicted octanol–water partition coefficient (Wildman–Crippen LogP) is 1.17. The van der Waals surface area contributed by atoms with Crippen molar-refractivity contribution >= 4 is 10.8 Å². The summed E-state index contributed by atoms with van der Waals surface area (Å²) >= 11 is 0. The molecule has 3 nitrogen and oxygen atoms in total. The van der Waals surface area contributed by atoms with Crippen molar-refractivity contribution < 1.29 is 9.32 Å². The van der Waals surface area contributed by atoms with Gasteiger partial charge in [-0.05, 0) is 13.0 Å². The SMILES string of the molecule is Cc1ccc(O)c(CNCCS(C)=O)c1. The molecule has 0 spiro atoms. The molecule has 1 aromatic carbocycles. The first kappa shape index (κ1) is 12.2. The quantitative estimate of drug-likeness (QED) is 0.742. The van der Waals surface area contributed by atoms with E-state index in [2.05, 4.69) is 5.32 Å². The molecule has 0 bridgehead atoms. The standard InChI is InChI=1S/C11H17NO2S/c1-9-3-4-11(13)10(7-9)8-12-5-6-15(2)14/h3-4,7,12-13H,5-6,8H2,1-2H3. The molecule has 1 aromatic rings. The summed E-state index contributed by atoms with van der Waals surface area (Å²) in [4.78, 5) is 0. The second-order valence-electron chi connectivity index (χ2n) is 3.59. The molecule has 0 heterocycles. The fourth-order valence-corrected chi connectivity index (χ4v) is 1.73. The zero-order valence-corrected chi connectivity index (χ0v) is 9.93. The minimum Gasteiger partial charge on any atom is -0.508 e. The number of phenolic OH excluding ortho intramolecular Hbond substituents is 1. The second-order valence-corrected chi connectivity index (χ2v) is 5.14. The van der Waals surface area contributed by atoms with Crippen molar-refractivity contribution in [2.24, 2.45) is 0 Å². The highest BCUT2D eigenvalue weighted by atomic mass is 32.2. The molecule has 15 heavy (non-hydrogen) atoms. The van der Waals surface area contributed by atoms with Crippen LogP contribution in [0, 0.1) is 6.92 Å². The van der Waals surface area contributed by atoms with Crippen LogP contribution in [0.4, 0.5) is 0 Å². The van der Waals surface area contributed by atoms with Gasteiger partial charge in [-0.3, -0.25) is 4.21 Å². The van der Waals surface area contributed by atoms with Crippen LogP contribution in [-0.2, 0) is 17.3 Å². The summed E-state index contributed by atoms with van der Waals surface area (Å²) in [6, 6.07) is 5.52. The van der Waals surface area contributed by atoms with Crippen LogP contribution < -0.4 is 5.32 Å². The summed E-state index contributed by atoms with van der Waals surface area (Å²) in [5, 5.41) is 12.7. The van der Waals surface area contributed by atoms with Gasteiger partial charge in [0.15, 0.2) is 0 Å². The maximum atomic E-state index is 10.8. The lowest BCUT2D eigenvalue weighted by Gasteiger charge is -2.07. The summed E-state index contributed by atoms with van der Waals surface area (Å²) in [7, 11) is -0.758. The minimum atomic E-state index is -0.758. The lowest BCUT2D eigenvalue weighted by molar-refractivity contribution is 0.465. The van der Waals surface area contributed by atoms with Crippen LogP contribution in [0.25, 0.3) is 0 Å². The number of phenols is 1. The highest BCUT2D eigenvalue weighted by Crippen LogP contribution is 2.17. The highest BCUT2D eigenvalue weighted by molar-refractivity contribution is 7.84. The van der Waals surface area contributed by atoms with Crippen LogP contribution in [0.3, 0.4) is 0 Å². The summed E-state index contributed by atoms with van der Waals surface area (Å²) < 4.78 is 10.8. The van der Waals surface area contributed by atoms with Crippen LogP contribution in [0.15, 0.2) is 18.2 Å². The third-order valence-electron chi connectivity index (χ3n) is 2.12. The summed E-state index contributed by atoms with van der Waals surface area (Å²) in [6.45, 7) is 3.31. The van der Waals surface area contributed by atoms with Gasteiger partial charge >= 0.3 is 0 Å². The average Bonchev–Trinajstić information content (AvgIpc) is 2.17. The maximum Gasteiger partial charge on any atom is 0.120 e. The molecule has 1 unspecified atom stereocenters. The molecule has 0 aliphatic carbocycles. The Morgan fingerprint density at radius 3 is 2.87 bits per heavy atom. The van der Waals surface area contributed by atoms with E-state index in [1.807, 2.05) is 19.1 Å². The van der Waals surface area contributed by atoms with Gasteiger partial charge in [0.05, 0.1) is 0 Å². The maximum absolute atomic E-state index is 10.8. The zero-order chi connectivity index (χ0) is 11.3. The minimum absolute atomic E-state index is 0.311. The topological polar surface area (TPSA) is 49.3 Å². The Bertz CT molecular complexity index is 352. The van der Waals surface area contributed by atoms with Crippen molar-refractivity contribution in [2.45, 2.75) is 13.5 Å². The monoisotopic (exact) mass is 227 g/mol. The van der Waals surface area contributed by atoms with E-state index < -0.39 is 10.8 Å². The second kappa shape index (κ2) is 5.88. The molecule has 0 saturated heterocycles. The van der Waals surface area contributed by atoms with Gasteiger partial charge in [0.1, 0.15) is 5.75 Å². The lowest BCUT2D eigenvalue weighted by Crippen LogP contribution is -2.19. The number of aryl methyl sites for hydroxylation is 1. The number of nitrogens with one attached hydrogen (secondary N) is 1. The Labute approximate surface area is 93.0 Å². The van der Waals surface area contributed by atoms with Gasteiger partial charge in [-0.15, -0.1) is 0 Å². The molecule has 0 fully saturated rings. The molecule has 4 heteroatoms. The van der Waals surface area contributed by atoms with Crippen molar-refractivity contribution in [3.05, 3.63) is 29.3 Å². The van der Waals surface area contributed by atoms with Gasteiger partial charge < -0.3 is 10.4 Å². The Hall–Kier alpha value is -0.870. The molecule has 0 aliphatic rings. The van der Waals surface area contributed by atoms with E-state index in [0.29, 0.717) is 24.6 Å². The van der Waals surface area contributed by atoms with Gasteiger partial charge in [0.2, 0.25) is 0 Å². The van der Waals surface area contributed by atoms with E-state index in [0.717, 1.165) is 11.1 Å². The molecular formula is C11H17NO2S. The Morgan fingerprint density at radius 1 is 1.47 bits per heavy atom. The zero-order valence-electron chi connectivity index (χ0n) is 9.12. The van der Waals surface area contributed by atoms with Gasteiger partial charge in [-0.1, -0.05) is 17.7 Å². The van der Waals surface area contributed by atoms with Gasteiger partial charge in [0.25, 0.3) is 0 Å². The number of benzene rings is 1. The Kier molecular flexibility index (Phi) is 4.78. The molecule has 1 rings (SSSR count). The number of hydrogen-bond donors (Lipinski definition) is 2. The van der Waals surface area contributed by atoms with E-state index in [9.17, 15) is 9.32 Å². The third kappa shape index (κ3) is 4.44. The molecule has 0 amide bonds. The first-order chi connectivity index (χ1) is 7.09. The molecule has 0 saturated carbocycles. The molecule has 84 valence electrons. The van der Waals surface area contributed by atoms with Crippen molar-refractivity contribution in [1.29, 1.82) is 0 Å². The van der Waals surface area contributed by atoms with Gasteiger partial charge in [0, 0.05) is 41.5 Å². The number of aromatic hydroxyl groups is 1. The summed E-state index contributed by atoms with van der Waals surface area (Å²) in [5.74, 6) is 0.956. The fraction of sp³-hybridized carbons (Fsp3) is 0.455. The average molecular weight is 227 g/mol. The molecule has 0 aromatic heterocycles. The van der Waals surface area contributed by atoms with Crippen molar-refractivity contribution in [2.75, 3.05) is 18.6 Å². The first-order valence-electron chi connectivity index (χ1n) is 4.89. The van der Waals surface area contributed by atoms with Crippen molar-refractivity contribution in [1.82, 2.24) is 5.32 Å². The first-order valence-corrected chi connectivity index (χ1v) is 6.61. The third-order valence-corrected chi connectivity index (χ3v) is 2.90. The van der Waals surface area contributed by atoms with Crippen LogP contribution in [0.5, 0.6) is 5.75 Å². The highest BCUT2D eigenvalue weighted by Gasteiger charge is 2.00. The molecular weight excluding hydrogens is 210 g/mol. The van der Waals surface area contributed by atoms with Crippen molar-refractivity contribution in [3.8, 4) is 5.75 Å². The number of hydrogen-bond acceptors (Lipinski definition) is 3. The summed E-state index contributed by atoms with van der Waals surface area (Å²) in [5.41, 5.74) is 2.01. The molecule has 1 atom stereocenters. The van der Waals surface area contributed by atoms with Crippen LogP contribution >= 0.6 is 0 Å². The fourth-order valence-electron chi connectivity index (χ4n) is 1.29. The predicted molar refractivity (Wildman–Crippen MR) is 63.5 cm³/mol. The van der Waals surface area contributed by atoms with Gasteiger partial charge in [-0.2, -0.15) is 0 Å². The Morgan fingerprint density at radius 2 is 2.20 bits per heavy atom. The molecule has 2 N–H and O–H groups in total. The molecule has 0 aliphatic heterocycles. The molecule has 0 radical (unpaired) electrons. The van der Waals surface area contributed by atoms with Gasteiger partial charge in [-0.25, -0.2) is 0 Å².